The molecule has 4 aromatic carbocycles. The van der Waals surface area contributed by atoms with Crippen LogP contribution in [0.5, 0.6) is 0 Å². The van der Waals surface area contributed by atoms with Gasteiger partial charge in [-0.05, 0) is 48.0 Å². The van der Waals surface area contributed by atoms with Gasteiger partial charge in [0.05, 0.1) is 21.4 Å². The Labute approximate surface area is 180 Å². The van der Waals surface area contributed by atoms with Gasteiger partial charge in [0.25, 0.3) is 0 Å². The SMILES string of the molecule is Nc1c(Cl)cc(Cl)c(N)c1-c1cccc(N(c2ccccc2)c2ccccc2)c1. The van der Waals surface area contributed by atoms with Crippen molar-refractivity contribution in [2.24, 2.45) is 0 Å². The van der Waals surface area contributed by atoms with E-state index >= 15 is 0 Å². The molecule has 4 N–H and O–H groups in total. The predicted octanol–water partition coefficient (Wildman–Crippen LogP) is 7.29. The van der Waals surface area contributed by atoms with Crippen LogP contribution in [-0.4, -0.2) is 0 Å². The van der Waals surface area contributed by atoms with Crippen molar-refractivity contribution in [1.29, 1.82) is 0 Å². The Hall–Kier alpha value is -3.14. The molecule has 0 saturated carbocycles. The van der Waals surface area contributed by atoms with Crippen LogP contribution in [0.3, 0.4) is 0 Å². The molecule has 0 aliphatic rings. The van der Waals surface area contributed by atoms with E-state index in [0.717, 1.165) is 22.6 Å². The first-order valence-electron chi connectivity index (χ1n) is 9.10. The van der Waals surface area contributed by atoms with Crippen molar-refractivity contribution in [2.75, 3.05) is 16.4 Å². The summed E-state index contributed by atoms with van der Waals surface area (Å²) in [4.78, 5) is 2.17. The van der Waals surface area contributed by atoms with E-state index in [4.69, 9.17) is 34.7 Å². The lowest BCUT2D eigenvalue weighted by molar-refractivity contribution is 1.28. The molecule has 0 aliphatic heterocycles. The molecule has 0 amide bonds. The first-order valence-corrected chi connectivity index (χ1v) is 9.85. The van der Waals surface area contributed by atoms with Crippen LogP contribution in [0.1, 0.15) is 0 Å². The van der Waals surface area contributed by atoms with E-state index in [9.17, 15) is 0 Å². The average Bonchev–Trinajstić information content (AvgIpc) is 2.75. The highest BCUT2D eigenvalue weighted by atomic mass is 35.5. The highest BCUT2D eigenvalue weighted by Crippen LogP contribution is 2.43. The number of nitrogens with two attached hydrogens (primary N) is 2. The maximum absolute atomic E-state index is 6.26. The van der Waals surface area contributed by atoms with Crippen LogP contribution < -0.4 is 16.4 Å². The molecule has 0 unspecified atom stereocenters. The highest BCUT2D eigenvalue weighted by molar-refractivity contribution is 6.39. The second-order valence-corrected chi connectivity index (χ2v) is 7.41. The van der Waals surface area contributed by atoms with Crippen molar-refractivity contribution < 1.29 is 0 Å². The van der Waals surface area contributed by atoms with E-state index in [-0.39, 0.29) is 0 Å². The van der Waals surface area contributed by atoms with E-state index in [2.05, 4.69) is 29.2 Å². The molecule has 4 rings (SSSR count). The van der Waals surface area contributed by atoms with Gasteiger partial charge >= 0.3 is 0 Å². The largest absolute Gasteiger partial charge is 0.397 e. The van der Waals surface area contributed by atoms with E-state index < -0.39 is 0 Å². The smallest absolute Gasteiger partial charge is 0.0658 e. The number of hydrogen-bond donors (Lipinski definition) is 2. The molecule has 0 spiro atoms. The fourth-order valence-corrected chi connectivity index (χ4v) is 3.83. The second-order valence-electron chi connectivity index (χ2n) is 6.60. The summed E-state index contributed by atoms with van der Waals surface area (Å²) >= 11 is 12.5. The number of halogens is 2. The summed E-state index contributed by atoms with van der Waals surface area (Å²) in [6.45, 7) is 0. The molecule has 0 bridgehead atoms. The fourth-order valence-electron chi connectivity index (χ4n) is 3.36. The van der Waals surface area contributed by atoms with Crippen molar-refractivity contribution in [3.8, 4) is 11.1 Å². The van der Waals surface area contributed by atoms with Crippen LogP contribution >= 0.6 is 23.2 Å². The molecule has 0 saturated heterocycles. The Morgan fingerprint density at radius 1 is 0.552 bits per heavy atom. The minimum atomic E-state index is 0.382. The molecule has 4 aromatic rings. The summed E-state index contributed by atoms with van der Waals surface area (Å²) in [6, 6.07) is 29.9. The summed E-state index contributed by atoms with van der Waals surface area (Å²) in [6.07, 6.45) is 0. The van der Waals surface area contributed by atoms with Gasteiger partial charge in [-0.1, -0.05) is 71.7 Å². The van der Waals surface area contributed by atoms with Gasteiger partial charge in [0.15, 0.2) is 0 Å². The van der Waals surface area contributed by atoms with E-state index in [1.165, 1.54) is 0 Å². The van der Waals surface area contributed by atoms with Crippen molar-refractivity contribution >= 4 is 51.6 Å². The number of anilines is 5. The lowest BCUT2D eigenvalue weighted by Gasteiger charge is -2.26. The zero-order valence-corrected chi connectivity index (χ0v) is 17.0. The topological polar surface area (TPSA) is 55.3 Å². The van der Waals surface area contributed by atoms with Gasteiger partial charge < -0.3 is 16.4 Å². The predicted molar refractivity (Wildman–Crippen MR) is 125 cm³/mol. The first kappa shape index (κ1) is 19.2. The van der Waals surface area contributed by atoms with Crippen LogP contribution in [-0.2, 0) is 0 Å². The number of nitrogens with zero attached hydrogens (tertiary/aromatic N) is 1. The molecule has 144 valence electrons. The standard InChI is InChI=1S/C24H19Cl2N3/c25-20-15-21(26)24(28)22(23(20)27)16-8-7-13-19(14-16)29(17-9-3-1-4-10-17)18-11-5-2-6-12-18/h1-15H,27-28H2. The summed E-state index contributed by atoms with van der Waals surface area (Å²) in [5.74, 6) is 0. The second kappa shape index (κ2) is 8.08. The van der Waals surface area contributed by atoms with Crippen LogP contribution in [0.4, 0.5) is 28.4 Å². The minimum Gasteiger partial charge on any atom is -0.397 e. The Balaban J connectivity index is 1.90. The zero-order valence-electron chi connectivity index (χ0n) is 15.5. The van der Waals surface area contributed by atoms with Crippen molar-refractivity contribution in [3.63, 3.8) is 0 Å². The molecular weight excluding hydrogens is 401 g/mol. The first-order chi connectivity index (χ1) is 14.1. The maximum Gasteiger partial charge on any atom is 0.0658 e. The average molecular weight is 420 g/mol. The van der Waals surface area contributed by atoms with Gasteiger partial charge in [0, 0.05) is 22.6 Å². The Morgan fingerprint density at radius 2 is 1.03 bits per heavy atom. The van der Waals surface area contributed by atoms with Gasteiger partial charge in [-0.3, -0.25) is 0 Å². The summed E-state index contributed by atoms with van der Waals surface area (Å²) in [5.41, 5.74) is 17.9. The highest BCUT2D eigenvalue weighted by Gasteiger charge is 2.17. The zero-order chi connectivity index (χ0) is 20.4. The number of hydrogen-bond acceptors (Lipinski definition) is 3. The number of rotatable bonds is 4. The number of para-hydroxylation sites is 2. The van der Waals surface area contributed by atoms with E-state index in [1.807, 2.05) is 60.7 Å². The van der Waals surface area contributed by atoms with Crippen LogP contribution in [0, 0.1) is 0 Å². The fraction of sp³-hybridized carbons (Fsp3) is 0. The molecule has 0 radical (unpaired) electrons. The molecule has 29 heavy (non-hydrogen) atoms. The summed E-state index contributed by atoms with van der Waals surface area (Å²) in [5, 5.41) is 0.764. The third kappa shape index (κ3) is 3.75. The third-order valence-corrected chi connectivity index (χ3v) is 5.35. The lowest BCUT2D eigenvalue weighted by atomic mass is 10.0. The van der Waals surface area contributed by atoms with Gasteiger partial charge in [-0.15, -0.1) is 0 Å². The maximum atomic E-state index is 6.26. The van der Waals surface area contributed by atoms with E-state index in [0.29, 0.717) is 27.0 Å². The quantitative estimate of drug-likeness (QED) is 0.341. The van der Waals surface area contributed by atoms with Crippen LogP contribution in [0.25, 0.3) is 11.1 Å². The normalized spacial score (nSPS) is 10.7. The molecule has 5 heteroatoms. The summed E-state index contributed by atoms with van der Waals surface area (Å²) < 4.78 is 0. The molecule has 3 nitrogen and oxygen atoms in total. The number of nitrogen functional groups attached to an aromatic ring is 2. The minimum absolute atomic E-state index is 0.382. The van der Waals surface area contributed by atoms with Crippen molar-refractivity contribution in [2.45, 2.75) is 0 Å². The molecule has 0 heterocycles. The van der Waals surface area contributed by atoms with Gasteiger partial charge in [-0.2, -0.15) is 0 Å². The Bertz CT molecular complexity index is 1080. The molecule has 0 atom stereocenters. The molecule has 0 aromatic heterocycles. The molecule has 0 fully saturated rings. The Kier molecular flexibility index (Phi) is 5.34. The number of benzene rings is 4. The molecular formula is C24H19Cl2N3. The third-order valence-electron chi connectivity index (χ3n) is 4.73. The van der Waals surface area contributed by atoms with Crippen LogP contribution in [0.2, 0.25) is 10.0 Å². The van der Waals surface area contributed by atoms with Crippen molar-refractivity contribution in [1.82, 2.24) is 0 Å². The van der Waals surface area contributed by atoms with Crippen molar-refractivity contribution in [3.05, 3.63) is 101 Å². The van der Waals surface area contributed by atoms with Gasteiger partial charge in [-0.25, -0.2) is 0 Å². The van der Waals surface area contributed by atoms with Gasteiger partial charge in [0.1, 0.15) is 0 Å². The van der Waals surface area contributed by atoms with Gasteiger partial charge in [0.2, 0.25) is 0 Å². The monoisotopic (exact) mass is 419 g/mol. The molecule has 0 aliphatic carbocycles. The van der Waals surface area contributed by atoms with Crippen LogP contribution in [0.15, 0.2) is 91.0 Å². The van der Waals surface area contributed by atoms with E-state index in [1.54, 1.807) is 6.07 Å². The lowest BCUT2D eigenvalue weighted by Crippen LogP contribution is -2.09. The Morgan fingerprint density at radius 3 is 1.55 bits per heavy atom. The summed E-state index contributed by atoms with van der Waals surface area (Å²) in [7, 11) is 0.